The summed E-state index contributed by atoms with van der Waals surface area (Å²) in [5.74, 6) is 2.31. The van der Waals surface area contributed by atoms with Gasteiger partial charge in [0.25, 0.3) is 0 Å². The molecule has 53 heavy (non-hydrogen) atoms. The zero-order valence-electron chi connectivity index (χ0n) is 32.4. The van der Waals surface area contributed by atoms with Crippen molar-refractivity contribution in [3.8, 4) is 22.3 Å². The molecule has 0 N–H and O–H groups in total. The highest BCUT2D eigenvalue weighted by Crippen LogP contribution is 2.39. The van der Waals surface area contributed by atoms with Gasteiger partial charge < -0.3 is 9.47 Å². The average Bonchev–Trinajstić information content (AvgIpc) is 3.22. The molecule has 4 aromatic carbocycles. The van der Waals surface area contributed by atoms with Crippen LogP contribution in [0.5, 0.6) is 0 Å². The Morgan fingerprint density at radius 1 is 0.528 bits per heavy atom. The molecule has 0 aromatic heterocycles. The first-order chi connectivity index (χ1) is 25.9. The van der Waals surface area contributed by atoms with E-state index in [4.69, 9.17) is 9.47 Å². The molecule has 4 nitrogen and oxygen atoms in total. The second-order valence-electron chi connectivity index (χ2n) is 15.9. The monoisotopic (exact) mass is 712 g/mol. The molecule has 4 aromatic rings. The summed E-state index contributed by atoms with van der Waals surface area (Å²) in [6.45, 7) is 6.30. The Morgan fingerprint density at radius 2 is 0.887 bits per heavy atom. The van der Waals surface area contributed by atoms with Gasteiger partial charge in [0.05, 0.1) is 11.1 Å². The summed E-state index contributed by atoms with van der Waals surface area (Å²) in [6.07, 6.45) is 18.1. The Morgan fingerprint density at radius 3 is 1.26 bits per heavy atom. The van der Waals surface area contributed by atoms with Crippen LogP contribution in [0.3, 0.4) is 0 Å². The van der Waals surface area contributed by atoms with E-state index in [9.17, 15) is 9.59 Å². The van der Waals surface area contributed by atoms with E-state index in [1.54, 1.807) is 31.2 Å². The Balaban J connectivity index is 0.926. The quantitative estimate of drug-likeness (QED) is 0.115. The summed E-state index contributed by atoms with van der Waals surface area (Å²) in [4.78, 5) is 25.7. The number of unbranched alkanes of at least 4 members (excludes halogenated alkanes) is 2. The highest BCUT2D eigenvalue weighted by Gasteiger charge is 2.23. The molecule has 0 amide bonds. The van der Waals surface area contributed by atoms with E-state index in [2.05, 4.69) is 62.4 Å². The summed E-state index contributed by atoms with van der Waals surface area (Å²) < 4.78 is 11.1. The van der Waals surface area contributed by atoms with Crippen LogP contribution < -0.4 is 0 Å². The van der Waals surface area contributed by atoms with Crippen LogP contribution in [0, 0.1) is 11.8 Å². The number of esters is 2. The number of rotatable bonds is 15. The van der Waals surface area contributed by atoms with Gasteiger partial charge in [0.1, 0.15) is 12.7 Å². The SMILES string of the molecule is CCCCC1CCC(c2ccc(-c3ccc(C(=O)OCC(C)OC(=O)c4ccc(-c5ccc(C6CCC(CCCC)CC6)cc5)cc4)cc3)cc2)CC1. The minimum atomic E-state index is -0.579. The van der Waals surface area contributed by atoms with Gasteiger partial charge in [0.2, 0.25) is 0 Å². The number of carbonyl (C=O) groups excluding carboxylic acids is 2. The smallest absolute Gasteiger partial charge is 0.338 e. The maximum Gasteiger partial charge on any atom is 0.338 e. The van der Waals surface area contributed by atoms with E-state index < -0.39 is 18.0 Å². The van der Waals surface area contributed by atoms with E-state index in [-0.39, 0.29) is 6.61 Å². The number of hydrogen-bond donors (Lipinski definition) is 0. The molecule has 0 aliphatic heterocycles. The molecule has 0 bridgehead atoms. The van der Waals surface area contributed by atoms with E-state index in [1.165, 1.54) is 101 Å². The molecule has 2 saturated carbocycles. The molecule has 0 saturated heterocycles. The van der Waals surface area contributed by atoms with E-state index in [0.717, 1.165) is 34.1 Å². The molecule has 6 rings (SSSR count). The van der Waals surface area contributed by atoms with Gasteiger partial charge in [-0.3, -0.25) is 0 Å². The van der Waals surface area contributed by atoms with E-state index in [0.29, 0.717) is 23.0 Å². The normalized spacial score (nSPS) is 20.7. The maximum atomic E-state index is 12.9. The average molecular weight is 713 g/mol. The second-order valence-corrected chi connectivity index (χ2v) is 15.9. The number of carbonyl (C=O) groups is 2. The lowest BCUT2D eigenvalue weighted by Crippen LogP contribution is -2.22. The van der Waals surface area contributed by atoms with E-state index in [1.807, 2.05) is 24.3 Å². The fourth-order valence-corrected chi connectivity index (χ4v) is 8.61. The maximum absolute atomic E-state index is 12.9. The largest absolute Gasteiger partial charge is 0.458 e. The van der Waals surface area contributed by atoms with Gasteiger partial charge in [-0.2, -0.15) is 0 Å². The van der Waals surface area contributed by atoms with Crippen LogP contribution in [0.1, 0.15) is 154 Å². The molecule has 0 radical (unpaired) electrons. The molecule has 0 heterocycles. The van der Waals surface area contributed by atoms with Crippen molar-refractivity contribution in [2.24, 2.45) is 11.8 Å². The van der Waals surface area contributed by atoms with E-state index >= 15 is 0 Å². The van der Waals surface area contributed by atoms with Gasteiger partial charge in [-0.15, -0.1) is 0 Å². The van der Waals surface area contributed by atoms with Crippen molar-refractivity contribution in [1.82, 2.24) is 0 Å². The Labute approximate surface area is 318 Å². The summed E-state index contributed by atoms with van der Waals surface area (Å²) in [5.41, 5.74) is 8.25. The summed E-state index contributed by atoms with van der Waals surface area (Å²) >= 11 is 0. The standard InChI is InChI=1S/C49H60O4/c1-4-6-8-36-10-14-38(15-11-36)40-18-22-42(23-19-40)44-26-30-46(31-27-44)48(50)52-34-35(3)53-49(51)47-32-28-45(29-33-47)43-24-20-41(21-25-43)39-16-12-37(13-17-39)9-7-5-2/h18-33,35-39H,4-17,34H2,1-3H3. The van der Waals surface area contributed by atoms with Crippen LogP contribution in [0.4, 0.5) is 0 Å². The summed E-state index contributed by atoms with van der Waals surface area (Å²) in [5, 5.41) is 0. The predicted octanol–water partition coefficient (Wildman–Crippen LogP) is 13.4. The lowest BCUT2D eigenvalue weighted by Gasteiger charge is -2.29. The highest BCUT2D eigenvalue weighted by molar-refractivity contribution is 5.91. The lowest BCUT2D eigenvalue weighted by atomic mass is 9.77. The van der Waals surface area contributed by atoms with Crippen molar-refractivity contribution in [2.45, 2.75) is 129 Å². The minimum absolute atomic E-state index is 0.0148. The summed E-state index contributed by atoms with van der Waals surface area (Å²) in [6, 6.07) is 33.0. The first-order valence-corrected chi connectivity index (χ1v) is 20.7. The van der Waals surface area contributed by atoms with Crippen molar-refractivity contribution >= 4 is 11.9 Å². The molecule has 280 valence electrons. The first-order valence-electron chi connectivity index (χ1n) is 20.7. The molecule has 1 unspecified atom stereocenters. The third-order valence-corrected chi connectivity index (χ3v) is 12.1. The molecular weight excluding hydrogens is 653 g/mol. The van der Waals surface area contributed by atoms with Gasteiger partial charge in [-0.1, -0.05) is 125 Å². The Hall–Kier alpha value is -4.18. The predicted molar refractivity (Wildman–Crippen MR) is 217 cm³/mol. The van der Waals surface area contributed by atoms with Crippen molar-refractivity contribution < 1.29 is 19.1 Å². The highest BCUT2D eigenvalue weighted by atomic mass is 16.6. The van der Waals surface area contributed by atoms with Crippen molar-refractivity contribution in [2.75, 3.05) is 6.61 Å². The molecule has 1 atom stereocenters. The van der Waals surface area contributed by atoms with Crippen LogP contribution >= 0.6 is 0 Å². The van der Waals surface area contributed by atoms with Crippen molar-refractivity contribution in [1.29, 1.82) is 0 Å². The van der Waals surface area contributed by atoms with Crippen LogP contribution in [-0.4, -0.2) is 24.6 Å². The van der Waals surface area contributed by atoms with Crippen LogP contribution in [-0.2, 0) is 9.47 Å². The van der Waals surface area contributed by atoms with Gasteiger partial charge in [-0.25, -0.2) is 9.59 Å². The molecule has 0 spiro atoms. The minimum Gasteiger partial charge on any atom is -0.458 e. The van der Waals surface area contributed by atoms with Gasteiger partial charge in [-0.05, 0) is 140 Å². The van der Waals surface area contributed by atoms with Gasteiger partial charge in [0, 0.05) is 0 Å². The van der Waals surface area contributed by atoms with Gasteiger partial charge in [0.15, 0.2) is 0 Å². The zero-order valence-corrected chi connectivity index (χ0v) is 32.4. The third kappa shape index (κ3) is 10.7. The molecule has 2 aliphatic carbocycles. The number of ether oxygens (including phenoxy) is 2. The summed E-state index contributed by atoms with van der Waals surface area (Å²) in [7, 11) is 0. The van der Waals surface area contributed by atoms with Crippen LogP contribution in [0.2, 0.25) is 0 Å². The zero-order chi connectivity index (χ0) is 37.0. The molecule has 2 aliphatic rings. The number of benzene rings is 4. The Bertz CT molecular complexity index is 1710. The van der Waals surface area contributed by atoms with Crippen molar-refractivity contribution in [3.63, 3.8) is 0 Å². The van der Waals surface area contributed by atoms with Gasteiger partial charge >= 0.3 is 11.9 Å². The number of hydrogen-bond acceptors (Lipinski definition) is 4. The second kappa shape index (κ2) is 19.2. The van der Waals surface area contributed by atoms with Crippen LogP contribution in [0.25, 0.3) is 22.3 Å². The topological polar surface area (TPSA) is 52.6 Å². The van der Waals surface area contributed by atoms with Crippen molar-refractivity contribution in [3.05, 3.63) is 119 Å². The molecule has 4 heteroatoms. The molecular formula is C49H60O4. The third-order valence-electron chi connectivity index (χ3n) is 12.1. The fraction of sp³-hybridized carbons (Fsp3) is 0.469. The lowest BCUT2D eigenvalue weighted by molar-refractivity contribution is 0.00448. The molecule has 2 fully saturated rings. The van der Waals surface area contributed by atoms with Crippen LogP contribution in [0.15, 0.2) is 97.1 Å². The first kappa shape index (κ1) is 38.5. The Kier molecular flexibility index (Phi) is 14.0. The fourth-order valence-electron chi connectivity index (χ4n) is 8.61.